The number of nitro benzene ring substituents is 1. The molecule has 0 atom stereocenters. The van der Waals surface area contributed by atoms with Gasteiger partial charge in [0.1, 0.15) is 5.82 Å². The van der Waals surface area contributed by atoms with Crippen LogP contribution in [0.25, 0.3) is 0 Å². The Labute approximate surface area is 184 Å². The van der Waals surface area contributed by atoms with Crippen molar-refractivity contribution >= 4 is 21.6 Å². The van der Waals surface area contributed by atoms with E-state index in [0.29, 0.717) is 11.1 Å². The lowest BCUT2D eigenvalue weighted by Crippen LogP contribution is -2.25. The number of nitro groups is 1. The number of carbonyl (C=O) groups is 1. The maximum atomic E-state index is 13.3. The number of benzene rings is 3. The lowest BCUT2D eigenvalue weighted by Gasteiger charge is -2.10. The molecular weight excluding hydrogens is 437 g/mol. The van der Waals surface area contributed by atoms with Crippen LogP contribution in [-0.4, -0.2) is 19.2 Å². The Kier molecular flexibility index (Phi) is 6.96. The van der Waals surface area contributed by atoms with Crippen LogP contribution in [-0.2, 0) is 23.1 Å². The van der Waals surface area contributed by atoms with Gasteiger partial charge in [-0.1, -0.05) is 30.3 Å². The molecule has 0 fully saturated rings. The van der Waals surface area contributed by atoms with Gasteiger partial charge < -0.3 is 5.32 Å². The van der Waals surface area contributed by atoms with Crippen LogP contribution in [0.4, 0.5) is 10.1 Å². The van der Waals surface area contributed by atoms with Crippen LogP contribution in [0.5, 0.6) is 0 Å². The van der Waals surface area contributed by atoms with Gasteiger partial charge in [-0.05, 0) is 48.4 Å². The zero-order chi connectivity index (χ0) is 23.3. The average Bonchev–Trinajstić information content (AvgIpc) is 2.76. The van der Waals surface area contributed by atoms with E-state index < -0.39 is 26.7 Å². The Morgan fingerprint density at radius 2 is 1.66 bits per heavy atom. The quantitative estimate of drug-likeness (QED) is 0.397. The number of amides is 1. The zero-order valence-corrected chi connectivity index (χ0v) is 17.9. The van der Waals surface area contributed by atoms with Crippen LogP contribution < -0.4 is 10.0 Å². The highest BCUT2D eigenvalue weighted by atomic mass is 32.2. The highest BCUT2D eigenvalue weighted by Crippen LogP contribution is 2.21. The molecule has 0 aliphatic rings. The van der Waals surface area contributed by atoms with Gasteiger partial charge in [0, 0.05) is 30.3 Å². The number of nitrogens with one attached hydrogen (secondary N) is 2. The van der Waals surface area contributed by atoms with Crippen molar-refractivity contribution in [2.75, 3.05) is 0 Å². The first-order chi connectivity index (χ1) is 15.2. The standard InChI is InChI=1S/C22H20FN3O5S/c1-15-20(9-4-10-21(15)26(28)29)22(27)24-13-17-6-3-8-19(12-17)32(30,31)25-14-16-5-2-7-18(23)11-16/h2-12,25H,13-14H2,1H3,(H,24,27). The van der Waals surface area contributed by atoms with Crippen LogP contribution in [0.2, 0.25) is 0 Å². The van der Waals surface area contributed by atoms with Crippen LogP contribution in [0.3, 0.4) is 0 Å². The number of hydrogen-bond acceptors (Lipinski definition) is 5. The molecule has 0 saturated heterocycles. The molecule has 2 N–H and O–H groups in total. The molecule has 3 aromatic rings. The van der Waals surface area contributed by atoms with Crippen LogP contribution in [0.1, 0.15) is 27.0 Å². The summed E-state index contributed by atoms with van der Waals surface area (Å²) in [5.74, 6) is -0.970. The molecule has 0 radical (unpaired) electrons. The van der Waals surface area contributed by atoms with E-state index in [1.165, 1.54) is 61.5 Å². The number of sulfonamides is 1. The van der Waals surface area contributed by atoms with Crippen LogP contribution in [0.15, 0.2) is 71.6 Å². The van der Waals surface area contributed by atoms with Gasteiger partial charge in [0.2, 0.25) is 10.0 Å². The summed E-state index contributed by atoms with van der Waals surface area (Å²) in [7, 11) is -3.87. The number of hydrogen-bond donors (Lipinski definition) is 2. The van der Waals surface area contributed by atoms with Gasteiger partial charge in [0.15, 0.2) is 0 Å². The second kappa shape index (κ2) is 9.67. The van der Waals surface area contributed by atoms with Gasteiger partial charge in [0.05, 0.1) is 9.82 Å². The molecule has 0 aliphatic carbocycles. The van der Waals surface area contributed by atoms with Crippen molar-refractivity contribution in [1.29, 1.82) is 0 Å². The van der Waals surface area contributed by atoms with E-state index in [-0.39, 0.29) is 34.8 Å². The summed E-state index contributed by atoms with van der Waals surface area (Å²) in [5, 5.41) is 13.7. The van der Waals surface area contributed by atoms with E-state index >= 15 is 0 Å². The Balaban J connectivity index is 1.69. The second-order valence-corrected chi connectivity index (χ2v) is 8.76. The third-order valence-corrected chi connectivity index (χ3v) is 6.16. The van der Waals surface area contributed by atoms with Crippen molar-refractivity contribution in [3.8, 4) is 0 Å². The van der Waals surface area contributed by atoms with Gasteiger partial charge >= 0.3 is 0 Å². The molecule has 0 saturated carbocycles. The number of rotatable bonds is 8. The minimum atomic E-state index is -3.87. The van der Waals surface area contributed by atoms with Gasteiger partial charge in [0.25, 0.3) is 11.6 Å². The van der Waals surface area contributed by atoms with Gasteiger partial charge in [-0.2, -0.15) is 0 Å². The third kappa shape index (κ3) is 5.54. The number of nitrogens with zero attached hydrogens (tertiary/aromatic N) is 1. The predicted octanol–water partition coefficient (Wildman–Crippen LogP) is 3.45. The first kappa shape index (κ1) is 23.0. The zero-order valence-electron chi connectivity index (χ0n) is 17.0. The van der Waals surface area contributed by atoms with E-state index in [4.69, 9.17) is 0 Å². The fourth-order valence-electron chi connectivity index (χ4n) is 3.08. The van der Waals surface area contributed by atoms with E-state index in [1.807, 2.05) is 0 Å². The molecule has 0 bridgehead atoms. The summed E-state index contributed by atoms with van der Waals surface area (Å²) in [6.07, 6.45) is 0. The summed E-state index contributed by atoms with van der Waals surface area (Å²) in [5.41, 5.74) is 1.25. The van der Waals surface area contributed by atoms with Crippen LogP contribution >= 0.6 is 0 Å². The first-order valence-electron chi connectivity index (χ1n) is 9.52. The predicted molar refractivity (Wildman–Crippen MR) is 116 cm³/mol. The molecule has 0 unspecified atom stereocenters. The average molecular weight is 457 g/mol. The molecule has 166 valence electrons. The summed E-state index contributed by atoms with van der Waals surface area (Å²) in [4.78, 5) is 23.0. The van der Waals surface area contributed by atoms with Crippen molar-refractivity contribution in [3.05, 3.63) is 105 Å². The molecule has 3 aromatic carbocycles. The fourth-order valence-corrected chi connectivity index (χ4v) is 4.16. The second-order valence-electron chi connectivity index (χ2n) is 6.99. The monoisotopic (exact) mass is 457 g/mol. The summed E-state index contributed by atoms with van der Waals surface area (Å²) >= 11 is 0. The van der Waals surface area contributed by atoms with Crippen LogP contribution in [0, 0.1) is 22.9 Å². The molecule has 10 heteroatoms. The Morgan fingerprint density at radius 1 is 1.00 bits per heavy atom. The molecule has 3 rings (SSSR count). The lowest BCUT2D eigenvalue weighted by atomic mass is 10.1. The largest absolute Gasteiger partial charge is 0.348 e. The SMILES string of the molecule is Cc1c(C(=O)NCc2cccc(S(=O)(=O)NCc3cccc(F)c3)c2)cccc1[N+](=O)[O-]. The molecule has 0 aromatic heterocycles. The maximum Gasteiger partial charge on any atom is 0.273 e. The number of halogens is 1. The van der Waals surface area contributed by atoms with E-state index in [1.54, 1.807) is 12.1 Å². The molecule has 8 nitrogen and oxygen atoms in total. The lowest BCUT2D eigenvalue weighted by molar-refractivity contribution is -0.385. The molecule has 32 heavy (non-hydrogen) atoms. The van der Waals surface area contributed by atoms with Gasteiger partial charge in [-0.25, -0.2) is 17.5 Å². The third-order valence-electron chi connectivity index (χ3n) is 4.76. The fraction of sp³-hybridized carbons (Fsp3) is 0.136. The molecule has 1 amide bonds. The van der Waals surface area contributed by atoms with Gasteiger partial charge in [-0.3, -0.25) is 14.9 Å². The van der Waals surface area contributed by atoms with E-state index in [0.717, 1.165) is 0 Å². The van der Waals surface area contributed by atoms with Gasteiger partial charge in [-0.15, -0.1) is 0 Å². The summed E-state index contributed by atoms with van der Waals surface area (Å²) < 4.78 is 40.9. The number of carbonyl (C=O) groups excluding carboxylic acids is 1. The molecular formula is C22H20FN3O5S. The first-order valence-corrected chi connectivity index (χ1v) is 11.0. The van der Waals surface area contributed by atoms with E-state index in [9.17, 15) is 27.7 Å². The highest BCUT2D eigenvalue weighted by molar-refractivity contribution is 7.89. The Bertz CT molecular complexity index is 1280. The molecule has 0 spiro atoms. The normalized spacial score (nSPS) is 11.2. The summed E-state index contributed by atoms with van der Waals surface area (Å²) in [6.45, 7) is 1.44. The van der Waals surface area contributed by atoms with E-state index in [2.05, 4.69) is 10.0 Å². The minimum absolute atomic E-state index is 0.00724. The maximum absolute atomic E-state index is 13.3. The molecule has 0 heterocycles. The topological polar surface area (TPSA) is 118 Å². The Hall–Kier alpha value is -3.63. The van der Waals surface area contributed by atoms with Crippen molar-refractivity contribution in [3.63, 3.8) is 0 Å². The van der Waals surface area contributed by atoms with Crippen molar-refractivity contribution < 1.29 is 22.5 Å². The van der Waals surface area contributed by atoms with Crippen molar-refractivity contribution in [2.45, 2.75) is 24.9 Å². The Morgan fingerprint density at radius 3 is 2.34 bits per heavy atom. The summed E-state index contributed by atoms with van der Waals surface area (Å²) in [6, 6.07) is 15.8. The molecule has 0 aliphatic heterocycles. The smallest absolute Gasteiger partial charge is 0.273 e. The minimum Gasteiger partial charge on any atom is -0.348 e. The van der Waals surface area contributed by atoms with Crippen molar-refractivity contribution in [2.24, 2.45) is 0 Å². The highest BCUT2D eigenvalue weighted by Gasteiger charge is 2.18. The van der Waals surface area contributed by atoms with Crippen molar-refractivity contribution in [1.82, 2.24) is 10.0 Å².